The summed E-state index contributed by atoms with van der Waals surface area (Å²) in [5.74, 6) is -0.360. The van der Waals surface area contributed by atoms with Gasteiger partial charge in [-0.1, -0.05) is 80.5 Å². The molecule has 2 fully saturated rings. The molecule has 4 aliphatic carbocycles. The van der Waals surface area contributed by atoms with Gasteiger partial charge in [-0.05, 0) is 53.1 Å². The molecule has 2 N–H and O–H groups in total. The maximum absolute atomic E-state index is 13.0. The van der Waals surface area contributed by atoms with Crippen molar-refractivity contribution in [2.24, 2.45) is 40.9 Å². The first-order valence-corrected chi connectivity index (χ1v) is 13.6. The minimum Gasteiger partial charge on any atom is -0.461 e. The van der Waals surface area contributed by atoms with Gasteiger partial charge < -0.3 is 14.9 Å². The van der Waals surface area contributed by atoms with Crippen molar-refractivity contribution in [2.75, 3.05) is 6.61 Å². The van der Waals surface area contributed by atoms with Crippen LogP contribution in [0.3, 0.4) is 0 Å². The number of esters is 1. The standard InChI is InChI=1S/C24H32O5.3C2H6/c1-6-7-17(25)29-11-14-9-15-18(13(3)21(26)20-19(15)23(20,4)5)16-8-12(2)22(27)24(16,28)10-14;3*1-2/h6,8-9,13,15-16,18-21,26,28H,1,7,10-11H2,2-5H3;3*1-2H3/t13-,15?,16?,18?,19?,20?,21?,24?;;;/m0.../s1. The maximum Gasteiger partial charge on any atom is 0.309 e. The number of rotatable bonds is 4. The van der Waals surface area contributed by atoms with Gasteiger partial charge >= 0.3 is 5.97 Å². The first-order chi connectivity index (χ1) is 16.5. The van der Waals surface area contributed by atoms with Crippen molar-refractivity contribution < 1.29 is 24.5 Å². The highest BCUT2D eigenvalue weighted by Crippen LogP contribution is 2.71. The molecule has 0 aromatic heterocycles. The van der Waals surface area contributed by atoms with Crippen LogP contribution in [-0.2, 0) is 14.3 Å². The first kappa shape index (κ1) is 31.3. The van der Waals surface area contributed by atoms with Crippen LogP contribution >= 0.6 is 0 Å². The van der Waals surface area contributed by atoms with E-state index >= 15 is 0 Å². The van der Waals surface area contributed by atoms with Crippen molar-refractivity contribution >= 4 is 11.8 Å². The Morgan fingerprint density at radius 3 is 2.26 bits per heavy atom. The monoisotopic (exact) mass is 490 g/mol. The Bertz CT molecular complexity index is 823. The molecule has 0 saturated heterocycles. The van der Waals surface area contributed by atoms with E-state index in [-0.39, 0.29) is 66.2 Å². The summed E-state index contributed by atoms with van der Waals surface area (Å²) in [6, 6.07) is 0. The minimum absolute atomic E-state index is 0.0120. The van der Waals surface area contributed by atoms with Gasteiger partial charge in [0.15, 0.2) is 5.78 Å². The molecule has 0 spiro atoms. The lowest BCUT2D eigenvalue weighted by Gasteiger charge is -2.43. The number of fused-ring (bicyclic) bond motifs is 5. The normalized spacial score (nSPS) is 37.4. The van der Waals surface area contributed by atoms with Crippen LogP contribution in [0.1, 0.15) is 82.1 Å². The molecule has 35 heavy (non-hydrogen) atoms. The van der Waals surface area contributed by atoms with Crippen molar-refractivity contribution in [1.29, 1.82) is 0 Å². The summed E-state index contributed by atoms with van der Waals surface area (Å²) >= 11 is 0. The third-order valence-electron chi connectivity index (χ3n) is 8.17. The van der Waals surface area contributed by atoms with Crippen molar-refractivity contribution in [3.05, 3.63) is 36.0 Å². The second-order valence-corrected chi connectivity index (χ2v) is 10.2. The number of ketones is 1. The van der Waals surface area contributed by atoms with Gasteiger partial charge in [-0.25, -0.2) is 0 Å². The molecule has 4 rings (SSSR count). The number of aliphatic hydroxyl groups excluding tert-OH is 1. The smallest absolute Gasteiger partial charge is 0.309 e. The second-order valence-electron chi connectivity index (χ2n) is 10.2. The second kappa shape index (κ2) is 12.5. The lowest BCUT2D eigenvalue weighted by molar-refractivity contribution is -0.142. The lowest BCUT2D eigenvalue weighted by atomic mass is 9.63. The summed E-state index contributed by atoms with van der Waals surface area (Å²) in [5.41, 5.74) is -0.137. The average Bonchev–Trinajstić information content (AvgIpc) is 3.40. The van der Waals surface area contributed by atoms with Gasteiger partial charge in [-0.15, -0.1) is 6.58 Å². The van der Waals surface area contributed by atoms with Crippen LogP contribution in [0.2, 0.25) is 0 Å². The third kappa shape index (κ3) is 5.51. The van der Waals surface area contributed by atoms with E-state index in [0.717, 1.165) is 5.57 Å². The fourth-order valence-electron chi connectivity index (χ4n) is 6.76. The van der Waals surface area contributed by atoms with Gasteiger partial charge in [0, 0.05) is 12.3 Å². The summed E-state index contributed by atoms with van der Waals surface area (Å²) in [6.45, 7) is 23.8. The van der Waals surface area contributed by atoms with E-state index in [9.17, 15) is 19.8 Å². The van der Waals surface area contributed by atoms with E-state index in [2.05, 4.69) is 26.5 Å². The molecule has 2 saturated carbocycles. The Balaban J connectivity index is 0.000000949. The number of hydrogen-bond donors (Lipinski definition) is 2. The van der Waals surface area contributed by atoms with Crippen molar-refractivity contribution in [3.8, 4) is 0 Å². The van der Waals surface area contributed by atoms with Crippen LogP contribution < -0.4 is 0 Å². The summed E-state index contributed by atoms with van der Waals surface area (Å²) in [4.78, 5) is 24.8. The van der Waals surface area contributed by atoms with Gasteiger partial charge in [0.05, 0.1) is 12.5 Å². The van der Waals surface area contributed by atoms with Gasteiger partial charge in [0.2, 0.25) is 0 Å². The molecule has 0 bridgehead atoms. The zero-order valence-corrected chi connectivity index (χ0v) is 23.7. The predicted molar refractivity (Wildman–Crippen MR) is 143 cm³/mol. The molecule has 0 aliphatic heterocycles. The van der Waals surface area contributed by atoms with E-state index in [1.807, 2.05) is 54.5 Å². The molecule has 5 nitrogen and oxygen atoms in total. The molecule has 4 aliphatic rings. The molecule has 8 atom stereocenters. The predicted octanol–water partition coefficient (Wildman–Crippen LogP) is 5.91. The molecular weight excluding hydrogens is 440 g/mol. The molecular formula is C30H50O5. The van der Waals surface area contributed by atoms with E-state index in [0.29, 0.717) is 11.5 Å². The minimum atomic E-state index is -1.53. The summed E-state index contributed by atoms with van der Waals surface area (Å²) < 4.78 is 5.39. The summed E-state index contributed by atoms with van der Waals surface area (Å²) in [6.07, 6.45) is 5.42. The number of Topliss-reactive ketones (excluding diaryl/α,β-unsaturated/α-hetero) is 1. The van der Waals surface area contributed by atoms with Crippen LogP contribution in [0.25, 0.3) is 0 Å². The fraction of sp³-hybridized carbons (Fsp3) is 0.733. The van der Waals surface area contributed by atoms with E-state index < -0.39 is 11.7 Å². The van der Waals surface area contributed by atoms with E-state index in [1.165, 1.54) is 6.08 Å². The SMILES string of the molecule is C=CCC(=O)OCC1=CC2C(C3C=C(C)C(=O)C3(O)C1)[C@H](C)C(O)C1C2C1(C)C.CC.CC.CC. The molecule has 0 radical (unpaired) electrons. The molecule has 5 heteroatoms. The number of hydrogen-bond acceptors (Lipinski definition) is 5. The van der Waals surface area contributed by atoms with E-state index in [1.54, 1.807) is 6.92 Å². The van der Waals surface area contributed by atoms with Crippen molar-refractivity contribution in [3.63, 3.8) is 0 Å². The summed E-state index contributed by atoms with van der Waals surface area (Å²) in [7, 11) is 0. The fourth-order valence-corrected chi connectivity index (χ4v) is 6.76. The number of carbonyl (C=O) groups is 2. The first-order valence-electron chi connectivity index (χ1n) is 13.6. The molecule has 0 heterocycles. The highest BCUT2D eigenvalue weighted by atomic mass is 16.5. The number of allylic oxidation sites excluding steroid dienone is 1. The molecule has 0 aromatic rings. The van der Waals surface area contributed by atoms with Gasteiger partial charge in [0.1, 0.15) is 12.2 Å². The number of aliphatic hydroxyl groups is 2. The molecule has 7 unspecified atom stereocenters. The molecule has 0 amide bonds. The number of carbonyl (C=O) groups excluding carboxylic acids is 2. The lowest BCUT2D eigenvalue weighted by Crippen LogP contribution is -2.50. The van der Waals surface area contributed by atoms with Crippen LogP contribution in [0.15, 0.2) is 36.0 Å². The zero-order valence-electron chi connectivity index (χ0n) is 23.7. The highest BCUT2D eigenvalue weighted by Gasteiger charge is 2.71. The Kier molecular flexibility index (Phi) is 11.2. The zero-order chi connectivity index (χ0) is 27.3. The van der Waals surface area contributed by atoms with Crippen molar-refractivity contribution in [2.45, 2.75) is 93.8 Å². The Labute approximate surface area is 213 Å². The Hall–Kier alpha value is -1.72. The largest absolute Gasteiger partial charge is 0.461 e. The average molecular weight is 491 g/mol. The van der Waals surface area contributed by atoms with Crippen molar-refractivity contribution in [1.82, 2.24) is 0 Å². The third-order valence-corrected chi connectivity index (χ3v) is 8.17. The topological polar surface area (TPSA) is 83.8 Å². The van der Waals surface area contributed by atoms with Crippen LogP contribution in [0.5, 0.6) is 0 Å². The van der Waals surface area contributed by atoms with Crippen LogP contribution in [0, 0.1) is 40.9 Å². The van der Waals surface area contributed by atoms with Crippen LogP contribution in [-0.4, -0.2) is 40.3 Å². The highest BCUT2D eigenvalue weighted by molar-refractivity contribution is 6.04. The van der Waals surface area contributed by atoms with Gasteiger partial charge in [-0.2, -0.15) is 0 Å². The van der Waals surface area contributed by atoms with E-state index in [4.69, 9.17) is 4.74 Å². The number of ether oxygens (including phenoxy) is 1. The Morgan fingerprint density at radius 1 is 1.14 bits per heavy atom. The molecule has 200 valence electrons. The van der Waals surface area contributed by atoms with Gasteiger partial charge in [-0.3, -0.25) is 9.59 Å². The Morgan fingerprint density at radius 2 is 1.71 bits per heavy atom. The maximum atomic E-state index is 13.0. The quantitative estimate of drug-likeness (QED) is 0.378. The summed E-state index contributed by atoms with van der Waals surface area (Å²) in [5, 5.41) is 22.6. The van der Waals surface area contributed by atoms with Gasteiger partial charge in [0.25, 0.3) is 0 Å². The molecule has 0 aromatic carbocycles. The van der Waals surface area contributed by atoms with Crippen LogP contribution in [0.4, 0.5) is 0 Å².